The van der Waals surface area contributed by atoms with Crippen molar-refractivity contribution in [1.29, 1.82) is 0 Å². The van der Waals surface area contributed by atoms with Crippen molar-refractivity contribution < 1.29 is 9.53 Å². The van der Waals surface area contributed by atoms with E-state index in [1.54, 1.807) is 18.9 Å². The van der Waals surface area contributed by atoms with Crippen molar-refractivity contribution in [2.75, 3.05) is 39.1 Å². The number of nitrogens with one attached hydrogen (secondary N) is 2. The minimum Gasteiger partial charge on any atom is -0.384 e. The molecule has 5 heteroatoms. The Hall–Kier alpha value is -1.04. The highest BCUT2D eigenvalue weighted by molar-refractivity contribution is 7.99. The summed E-state index contributed by atoms with van der Waals surface area (Å²) in [5.74, 6) is 0.998. The molecule has 2 aliphatic heterocycles. The number of thioether (sulfide) groups is 1. The zero-order valence-corrected chi connectivity index (χ0v) is 13.9. The summed E-state index contributed by atoms with van der Waals surface area (Å²) < 4.78 is 5.42. The third-order valence-electron chi connectivity index (χ3n) is 4.77. The second-order valence-electron chi connectivity index (χ2n) is 6.30. The molecule has 0 aromatic heterocycles. The number of hydrogen-bond donors (Lipinski definition) is 2. The first-order valence-corrected chi connectivity index (χ1v) is 8.92. The van der Waals surface area contributed by atoms with Gasteiger partial charge in [-0.3, -0.25) is 4.79 Å². The van der Waals surface area contributed by atoms with Gasteiger partial charge in [0.25, 0.3) is 0 Å². The van der Waals surface area contributed by atoms with Crippen molar-refractivity contribution in [1.82, 2.24) is 10.6 Å². The van der Waals surface area contributed by atoms with E-state index >= 15 is 0 Å². The van der Waals surface area contributed by atoms with E-state index in [2.05, 4.69) is 22.8 Å². The molecule has 1 saturated heterocycles. The highest BCUT2D eigenvalue weighted by Crippen LogP contribution is 2.39. The number of ether oxygens (including phenoxy) is 1. The van der Waals surface area contributed by atoms with Crippen molar-refractivity contribution in [3.8, 4) is 0 Å². The number of carbonyl (C=O) groups is 1. The monoisotopic (exact) mass is 320 g/mol. The number of benzene rings is 1. The Kier molecular flexibility index (Phi) is 5.06. The van der Waals surface area contributed by atoms with Gasteiger partial charge in [-0.1, -0.05) is 18.2 Å². The number of hydrogen-bond acceptors (Lipinski definition) is 4. The minimum atomic E-state index is -0.0116. The van der Waals surface area contributed by atoms with Crippen LogP contribution in [-0.4, -0.2) is 45.0 Å². The number of methoxy groups -OCH3 is 1. The van der Waals surface area contributed by atoms with Crippen LogP contribution in [0.2, 0.25) is 0 Å². The Balaban J connectivity index is 1.62. The molecule has 0 spiro atoms. The first-order valence-electron chi connectivity index (χ1n) is 7.93. The van der Waals surface area contributed by atoms with Gasteiger partial charge >= 0.3 is 0 Å². The molecular weight excluding hydrogens is 296 g/mol. The summed E-state index contributed by atoms with van der Waals surface area (Å²) in [6.45, 7) is 3.43. The third-order valence-corrected chi connectivity index (χ3v) is 5.95. The largest absolute Gasteiger partial charge is 0.384 e. The zero-order chi connectivity index (χ0) is 15.4. The van der Waals surface area contributed by atoms with Gasteiger partial charge in [-0.25, -0.2) is 0 Å². The van der Waals surface area contributed by atoms with Crippen molar-refractivity contribution in [2.45, 2.75) is 23.7 Å². The molecule has 0 radical (unpaired) electrons. The molecule has 2 heterocycles. The molecule has 0 saturated carbocycles. The van der Waals surface area contributed by atoms with Crippen LogP contribution in [0, 0.1) is 5.41 Å². The van der Waals surface area contributed by atoms with E-state index in [0.29, 0.717) is 13.2 Å². The molecule has 4 nitrogen and oxygen atoms in total. The average molecular weight is 320 g/mol. The highest BCUT2D eigenvalue weighted by atomic mass is 32.2. The maximum Gasteiger partial charge on any atom is 0.228 e. The third kappa shape index (κ3) is 3.31. The summed E-state index contributed by atoms with van der Waals surface area (Å²) in [6.07, 6.45) is 2.11. The van der Waals surface area contributed by atoms with Gasteiger partial charge < -0.3 is 15.4 Å². The Morgan fingerprint density at radius 1 is 1.41 bits per heavy atom. The summed E-state index contributed by atoms with van der Waals surface area (Å²) >= 11 is 1.78. The van der Waals surface area contributed by atoms with Gasteiger partial charge in [-0.2, -0.15) is 0 Å². The lowest BCUT2D eigenvalue weighted by Crippen LogP contribution is -2.48. The van der Waals surface area contributed by atoms with Gasteiger partial charge in [0.1, 0.15) is 0 Å². The van der Waals surface area contributed by atoms with E-state index in [0.717, 1.165) is 31.7 Å². The van der Waals surface area contributed by atoms with Gasteiger partial charge in [-0.05, 0) is 37.6 Å². The number of fused-ring (bicyclic) bond motifs is 1. The first-order chi connectivity index (χ1) is 10.7. The van der Waals surface area contributed by atoms with Crippen molar-refractivity contribution in [3.05, 3.63) is 29.8 Å². The molecule has 120 valence electrons. The van der Waals surface area contributed by atoms with Crippen LogP contribution in [0.15, 0.2) is 29.2 Å². The Morgan fingerprint density at radius 3 is 2.95 bits per heavy atom. The van der Waals surface area contributed by atoms with Gasteiger partial charge in [0.05, 0.1) is 12.5 Å². The lowest BCUT2D eigenvalue weighted by atomic mass is 9.79. The molecule has 3 rings (SSSR count). The van der Waals surface area contributed by atoms with Crippen molar-refractivity contribution in [3.63, 3.8) is 0 Å². The zero-order valence-electron chi connectivity index (χ0n) is 13.1. The Morgan fingerprint density at radius 2 is 2.18 bits per heavy atom. The number of rotatable bonds is 5. The topological polar surface area (TPSA) is 50.4 Å². The van der Waals surface area contributed by atoms with Crippen molar-refractivity contribution >= 4 is 17.7 Å². The van der Waals surface area contributed by atoms with Gasteiger partial charge in [0.2, 0.25) is 5.91 Å². The second kappa shape index (κ2) is 7.02. The van der Waals surface area contributed by atoms with Crippen LogP contribution in [0.4, 0.5) is 0 Å². The number of amides is 1. The van der Waals surface area contributed by atoms with Crippen LogP contribution in [0.3, 0.4) is 0 Å². The first kappa shape index (κ1) is 15.8. The fraction of sp³-hybridized carbons (Fsp3) is 0.588. The Labute approximate surface area is 136 Å². The maximum atomic E-state index is 12.6. The molecule has 1 unspecified atom stereocenters. The normalized spacial score (nSPS) is 23.0. The maximum absolute atomic E-state index is 12.6. The van der Waals surface area contributed by atoms with Crippen molar-refractivity contribution in [2.24, 2.45) is 5.41 Å². The smallest absolute Gasteiger partial charge is 0.228 e. The van der Waals surface area contributed by atoms with E-state index < -0.39 is 0 Å². The van der Waals surface area contributed by atoms with Gasteiger partial charge in [0, 0.05) is 29.7 Å². The quantitative estimate of drug-likeness (QED) is 0.871. The Bertz CT molecular complexity index is 524. The highest BCUT2D eigenvalue weighted by Gasteiger charge is 2.34. The van der Waals surface area contributed by atoms with Gasteiger partial charge in [0.15, 0.2) is 0 Å². The van der Waals surface area contributed by atoms with Crippen LogP contribution in [0.25, 0.3) is 0 Å². The van der Waals surface area contributed by atoms with E-state index in [4.69, 9.17) is 4.74 Å². The van der Waals surface area contributed by atoms with E-state index in [1.807, 2.05) is 12.1 Å². The van der Waals surface area contributed by atoms with Crippen LogP contribution in [0.1, 0.15) is 24.3 Å². The molecule has 1 atom stereocenters. The average Bonchev–Trinajstić information content (AvgIpc) is 2.98. The van der Waals surface area contributed by atoms with Crippen LogP contribution in [-0.2, 0) is 9.53 Å². The molecule has 22 heavy (non-hydrogen) atoms. The molecule has 1 aromatic carbocycles. The molecule has 1 aromatic rings. The molecular formula is C17H24N2O2S. The number of carbonyl (C=O) groups excluding carboxylic acids is 1. The molecule has 1 amide bonds. The summed E-state index contributed by atoms with van der Waals surface area (Å²) in [4.78, 5) is 13.9. The fourth-order valence-corrected chi connectivity index (χ4v) is 4.64. The fourth-order valence-electron chi connectivity index (χ4n) is 3.41. The predicted molar refractivity (Wildman–Crippen MR) is 89.3 cm³/mol. The second-order valence-corrected chi connectivity index (χ2v) is 7.36. The predicted octanol–water partition coefficient (Wildman–Crippen LogP) is 2.01. The van der Waals surface area contributed by atoms with E-state index in [-0.39, 0.29) is 17.2 Å². The molecule has 0 bridgehead atoms. The van der Waals surface area contributed by atoms with E-state index in [1.165, 1.54) is 10.5 Å². The minimum absolute atomic E-state index is 0.0116. The van der Waals surface area contributed by atoms with E-state index in [9.17, 15) is 4.79 Å². The van der Waals surface area contributed by atoms with Crippen LogP contribution in [0.5, 0.6) is 0 Å². The SMILES string of the molecule is COCC1(CNC(=O)C2CSc3ccccc32)CCNCC1. The van der Waals surface area contributed by atoms with Gasteiger partial charge in [-0.15, -0.1) is 11.8 Å². The molecule has 2 N–H and O–H groups in total. The standard InChI is InChI=1S/C17H24N2O2S/c1-21-12-17(6-8-18-9-7-17)11-19-16(20)14-10-22-15-5-3-2-4-13(14)15/h2-5,14,18H,6-12H2,1H3,(H,19,20). The summed E-state index contributed by atoms with van der Waals surface area (Å²) in [7, 11) is 1.75. The lowest BCUT2D eigenvalue weighted by molar-refractivity contribution is -0.123. The molecule has 1 fully saturated rings. The molecule has 2 aliphatic rings. The summed E-state index contributed by atoms with van der Waals surface area (Å²) in [5.41, 5.74) is 1.26. The summed E-state index contributed by atoms with van der Waals surface area (Å²) in [5, 5.41) is 6.58. The van der Waals surface area contributed by atoms with Crippen LogP contribution >= 0.6 is 11.8 Å². The number of piperidine rings is 1. The van der Waals surface area contributed by atoms with Crippen LogP contribution < -0.4 is 10.6 Å². The lowest BCUT2D eigenvalue weighted by Gasteiger charge is -2.37. The molecule has 0 aliphatic carbocycles. The summed E-state index contributed by atoms with van der Waals surface area (Å²) in [6, 6.07) is 8.24.